The minimum absolute atomic E-state index is 0.219. The minimum atomic E-state index is -3.65. The number of hydrogen-bond acceptors (Lipinski definition) is 5. The van der Waals surface area contributed by atoms with Crippen LogP contribution in [-0.4, -0.2) is 51.5 Å². The predicted octanol–water partition coefficient (Wildman–Crippen LogP) is 4.00. The van der Waals surface area contributed by atoms with Crippen LogP contribution < -0.4 is 4.90 Å². The van der Waals surface area contributed by atoms with Crippen LogP contribution in [0.25, 0.3) is 10.9 Å². The van der Waals surface area contributed by atoms with Crippen LogP contribution in [0, 0.1) is 6.92 Å². The first-order valence-electron chi connectivity index (χ1n) is 10.2. The molecule has 1 unspecified atom stereocenters. The second-order valence-electron chi connectivity index (χ2n) is 7.92. The summed E-state index contributed by atoms with van der Waals surface area (Å²) in [5.41, 5.74) is 3.69. The van der Waals surface area contributed by atoms with E-state index in [2.05, 4.69) is 34.5 Å². The SMILES string of the molecule is C=CC(c1ccc(C)cc1)S(=O)(=O)c1cnc2c(N3CCN(C)CC3)cccc2c1. The zero-order valence-electron chi connectivity index (χ0n) is 17.5. The number of nitrogens with zero attached hydrogens (tertiary/aromatic N) is 3. The van der Waals surface area contributed by atoms with Gasteiger partial charge in [0.15, 0.2) is 9.84 Å². The second-order valence-corrected chi connectivity index (χ2v) is 9.99. The first kappa shape index (κ1) is 20.6. The molecular weight excluding hydrogens is 394 g/mol. The number of aromatic nitrogens is 1. The lowest BCUT2D eigenvalue weighted by Crippen LogP contribution is -2.44. The Balaban J connectivity index is 1.72. The Labute approximate surface area is 178 Å². The van der Waals surface area contributed by atoms with Gasteiger partial charge in [-0.05, 0) is 31.7 Å². The monoisotopic (exact) mass is 421 g/mol. The fourth-order valence-corrected chi connectivity index (χ4v) is 5.48. The number of fused-ring (bicyclic) bond motifs is 1. The Morgan fingerprint density at radius 3 is 2.43 bits per heavy atom. The highest BCUT2D eigenvalue weighted by Gasteiger charge is 2.27. The molecule has 0 amide bonds. The third kappa shape index (κ3) is 3.85. The molecule has 0 aliphatic carbocycles. The summed E-state index contributed by atoms with van der Waals surface area (Å²) in [6, 6.07) is 15.2. The number of aryl methyl sites for hydroxylation is 1. The standard InChI is InChI=1S/C24H27N3O2S/c1-4-23(19-10-8-18(2)9-11-19)30(28,29)21-16-20-6-5-7-22(24(20)25-17-21)27-14-12-26(3)13-15-27/h4-11,16-17,23H,1,12-15H2,2-3H3. The van der Waals surface area contributed by atoms with E-state index >= 15 is 0 Å². The van der Waals surface area contributed by atoms with Gasteiger partial charge in [-0.2, -0.15) is 0 Å². The molecule has 0 spiro atoms. The van der Waals surface area contributed by atoms with E-state index in [4.69, 9.17) is 0 Å². The molecule has 1 aliphatic heterocycles. The summed E-state index contributed by atoms with van der Waals surface area (Å²) in [4.78, 5) is 9.44. The lowest BCUT2D eigenvalue weighted by atomic mass is 10.1. The van der Waals surface area contributed by atoms with E-state index in [1.807, 2.05) is 43.3 Å². The molecule has 0 bridgehead atoms. The number of hydrogen-bond donors (Lipinski definition) is 0. The second kappa shape index (κ2) is 8.20. The molecule has 0 radical (unpaired) electrons. The van der Waals surface area contributed by atoms with E-state index in [1.54, 1.807) is 6.07 Å². The molecule has 5 nitrogen and oxygen atoms in total. The first-order valence-corrected chi connectivity index (χ1v) is 11.7. The molecule has 30 heavy (non-hydrogen) atoms. The molecule has 1 atom stereocenters. The van der Waals surface area contributed by atoms with Gasteiger partial charge in [-0.1, -0.05) is 48.0 Å². The summed E-state index contributed by atoms with van der Waals surface area (Å²) in [5, 5.41) is 0.0254. The molecule has 1 aliphatic rings. The maximum absolute atomic E-state index is 13.4. The number of rotatable bonds is 5. The van der Waals surface area contributed by atoms with Crippen molar-refractivity contribution < 1.29 is 8.42 Å². The van der Waals surface area contributed by atoms with Crippen molar-refractivity contribution in [3.63, 3.8) is 0 Å². The van der Waals surface area contributed by atoms with Crippen molar-refractivity contribution in [1.29, 1.82) is 0 Å². The third-order valence-corrected chi connectivity index (χ3v) is 7.80. The molecule has 1 saturated heterocycles. The summed E-state index contributed by atoms with van der Waals surface area (Å²) in [7, 11) is -1.53. The molecule has 0 saturated carbocycles. The Hall–Kier alpha value is -2.70. The maximum atomic E-state index is 13.4. The van der Waals surface area contributed by atoms with Gasteiger partial charge in [-0.3, -0.25) is 4.98 Å². The fraction of sp³-hybridized carbons (Fsp3) is 0.292. The van der Waals surface area contributed by atoms with Crippen molar-refractivity contribution in [1.82, 2.24) is 9.88 Å². The summed E-state index contributed by atoms with van der Waals surface area (Å²) >= 11 is 0. The molecule has 156 valence electrons. The van der Waals surface area contributed by atoms with Gasteiger partial charge in [0.25, 0.3) is 0 Å². The lowest BCUT2D eigenvalue weighted by Gasteiger charge is -2.34. The third-order valence-electron chi connectivity index (χ3n) is 5.79. The van der Waals surface area contributed by atoms with Gasteiger partial charge < -0.3 is 9.80 Å². The Bertz CT molecular complexity index is 1160. The molecule has 0 N–H and O–H groups in total. The van der Waals surface area contributed by atoms with Crippen molar-refractivity contribution in [2.75, 3.05) is 38.1 Å². The van der Waals surface area contributed by atoms with Crippen LogP contribution in [0.1, 0.15) is 16.4 Å². The lowest BCUT2D eigenvalue weighted by molar-refractivity contribution is 0.313. The van der Waals surface area contributed by atoms with Crippen LogP contribution in [0.15, 0.2) is 72.3 Å². The smallest absolute Gasteiger partial charge is 0.190 e. The Kier molecular flexibility index (Phi) is 5.62. The van der Waals surface area contributed by atoms with E-state index in [9.17, 15) is 8.42 Å². The number of para-hydroxylation sites is 1. The minimum Gasteiger partial charge on any atom is -0.367 e. The number of sulfone groups is 1. The first-order chi connectivity index (χ1) is 14.4. The fourth-order valence-electron chi connectivity index (χ4n) is 3.93. The van der Waals surface area contributed by atoms with Crippen molar-refractivity contribution in [3.8, 4) is 0 Å². The number of anilines is 1. The number of piperazine rings is 1. The van der Waals surface area contributed by atoms with Gasteiger partial charge in [0, 0.05) is 37.8 Å². The molecule has 4 rings (SSSR count). The summed E-state index contributed by atoms with van der Waals surface area (Å²) < 4.78 is 26.8. The average Bonchev–Trinajstić information content (AvgIpc) is 2.75. The quantitative estimate of drug-likeness (QED) is 0.583. The van der Waals surface area contributed by atoms with Gasteiger partial charge in [-0.25, -0.2) is 8.42 Å². The normalized spacial score (nSPS) is 16.5. The van der Waals surface area contributed by atoms with Gasteiger partial charge in [0.1, 0.15) is 5.25 Å². The van der Waals surface area contributed by atoms with Gasteiger partial charge in [-0.15, -0.1) is 6.58 Å². The van der Waals surface area contributed by atoms with E-state index < -0.39 is 15.1 Å². The highest BCUT2D eigenvalue weighted by atomic mass is 32.2. The predicted molar refractivity (Wildman–Crippen MR) is 123 cm³/mol. The molecule has 2 aromatic carbocycles. The van der Waals surface area contributed by atoms with Gasteiger partial charge in [0.2, 0.25) is 0 Å². The topological polar surface area (TPSA) is 53.5 Å². The summed E-state index contributed by atoms with van der Waals surface area (Å²) in [5.74, 6) is 0. The Morgan fingerprint density at radius 1 is 1.07 bits per heavy atom. The maximum Gasteiger partial charge on any atom is 0.190 e. The largest absolute Gasteiger partial charge is 0.367 e. The van der Waals surface area contributed by atoms with Crippen LogP contribution in [0.2, 0.25) is 0 Å². The van der Waals surface area contributed by atoms with Crippen molar-refractivity contribution in [2.45, 2.75) is 17.1 Å². The highest BCUT2D eigenvalue weighted by Crippen LogP contribution is 2.33. The molecule has 1 aromatic heterocycles. The zero-order valence-corrected chi connectivity index (χ0v) is 18.3. The van der Waals surface area contributed by atoms with Crippen molar-refractivity contribution in [2.24, 2.45) is 0 Å². The zero-order chi connectivity index (χ0) is 21.3. The summed E-state index contributed by atoms with van der Waals surface area (Å²) in [6.45, 7) is 9.63. The van der Waals surface area contributed by atoms with E-state index in [0.29, 0.717) is 5.56 Å². The van der Waals surface area contributed by atoms with Crippen LogP contribution >= 0.6 is 0 Å². The highest BCUT2D eigenvalue weighted by molar-refractivity contribution is 7.91. The van der Waals surface area contributed by atoms with E-state index in [-0.39, 0.29) is 4.90 Å². The average molecular weight is 422 g/mol. The molecule has 6 heteroatoms. The van der Waals surface area contributed by atoms with Gasteiger partial charge >= 0.3 is 0 Å². The van der Waals surface area contributed by atoms with Crippen LogP contribution in [0.4, 0.5) is 5.69 Å². The Morgan fingerprint density at radius 2 is 1.77 bits per heavy atom. The van der Waals surface area contributed by atoms with Gasteiger partial charge in [0.05, 0.1) is 16.1 Å². The number of pyridine rings is 1. The molecule has 1 fully saturated rings. The number of benzene rings is 2. The molecule has 2 heterocycles. The van der Waals surface area contributed by atoms with Crippen LogP contribution in [-0.2, 0) is 9.84 Å². The van der Waals surface area contributed by atoms with E-state index in [0.717, 1.165) is 48.3 Å². The number of likely N-dealkylation sites (N-methyl/N-ethyl adjacent to an activating group) is 1. The molecule has 3 aromatic rings. The van der Waals surface area contributed by atoms with Crippen LogP contribution in [0.5, 0.6) is 0 Å². The van der Waals surface area contributed by atoms with E-state index in [1.165, 1.54) is 12.3 Å². The van der Waals surface area contributed by atoms with Crippen molar-refractivity contribution in [3.05, 3.63) is 78.5 Å². The van der Waals surface area contributed by atoms with Crippen molar-refractivity contribution >= 4 is 26.4 Å². The molecular formula is C24H27N3O2S. The summed E-state index contributed by atoms with van der Waals surface area (Å²) in [6.07, 6.45) is 2.98. The van der Waals surface area contributed by atoms with Crippen LogP contribution in [0.3, 0.4) is 0 Å².